The SMILES string of the molecule is COc1ccc(C2=NOC(C(=O)Nc3ncn(Cc4c(Cl)cccc4Cl)n3)C2)cc1. The molecule has 1 aliphatic rings. The van der Waals surface area contributed by atoms with Gasteiger partial charge >= 0.3 is 0 Å². The Bertz CT molecular complexity index is 1080. The average molecular weight is 446 g/mol. The second-order valence-corrected chi connectivity index (χ2v) is 7.33. The molecule has 3 aromatic rings. The molecule has 0 bridgehead atoms. The number of rotatable bonds is 6. The molecule has 2 heterocycles. The lowest BCUT2D eigenvalue weighted by atomic mass is 10.0. The average Bonchev–Trinajstić information content (AvgIpc) is 3.41. The fourth-order valence-corrected chi connectivity index (χ4v) is 3.45. The number of benzene rings is 2. The molecule has 0 saturated heterocycles. The normalized spacial score (nSPS) is 15.4. The maximum absolute atomic E-state index is 12.5. The van der Waals surface area contributed by atoms with Gasteiger partial charge in [-0.25, -0.2) is 9.67 Å². The molecule has 0 spiro atoms. The number of nitrogens with zero attached hydrogens (tertiary/aromatic N) is 4. The van der Waals surface area contributed by atoms with E-state index in [-0.39, 0.29) is 11.9 Å². The molecule has 154 valence electrons. The second kappa shape index (κ2) is 8.73. The quantitative estimate of drug-likeness (QED) is 0.623. The third kappa shape index (κ3) is 4.39. The molecule has 1 aromatic heterocycles. The van der Waals surface area contributed by atoms with Crippen LogP contribution in [0.1, 0.15) is 17.5 Å². The first kappa shape index (κ1) is 20.2. The summed E-state index contributed by atoms with van der Waals surface area (Å²) in [5.74, 6) is 0.521. The van der Waals surface area contributed by atoms with E-state index in [4.69, 9.17) is 32.8 Å². The van der Waals surface area contributed by atoms with Crippen LogP contribution in [0.2, 0.25) is 10.0 Å². The molecule has 1 amide bonds. The number of hydrogen-bond acceptors (Lipinski definition) is 6. The fourth-order valence-electron chi connectivity index (χ4n) is 2.94. The number of oxime groups is 1. The van der Waals surface area contributed by atoms with Crippen molar-refractivity contribution in [3.8, 4) is 5.75 Å². The number of methoxy groups -OCH3 is 1. The van der Waals surface area contributed by atoms with Crippen molar-refractivity contribution in [1.29, 1.82) is 0 Å². The van der Waals surface area contributed by atoms with Crippen molar-refractivity contribution in [3.63, 3.8) is 0 Å². The summed E-state index contributed by atoms with van der Waals surface area (Å²) in [6, 6.07) is 12.7. The van der Waals surface area contributed by atoms with E-state index in [2.05, 4.69) is 20.6 Å². The summed E-state index contributed by atoms with van der Waals surface area (Å²) in [4.78, 5) is 21.9. The standard InChI is InChI=1S/C20H17Cl2N5O3/c1-29-13-7-5-12(6-8-13)17-9-18(30-26-17)19(28)24-20-23-11-27(25-20)10-14-15(21)3-2-4-16(14)22/h2-8,11,18H,9-10H2,1H3,(H,24,25,28). The fraction of sp³-hybridized carbons (Fsp3) is 0.200. The number of ether oxygens (including phenoxy) is 1. The Morgan fingerprint density at radius 3 is 2.67 bits per heavy atom. The van der Waals surface area contributed by atoms with Crippen LogP contribution in [0.4, 0.5) is 5.95 Å². The Morgan fingerprint density at radius 1 is 1.23 bits per heavy atom. The van der Waals surface area contributed by atoms with Crippen LogP contribution in [-0.2, 0) is 16.2 Å². The smallest absolute Gasteiger partial charge is 0.271 e. The third-order valence-electron chi connectivity index (χ3n) is 4.54. The third-order valence-corrected chi connectivity index (χ3v) is 5.25. The number of hydrogen-bond donors (Lipinski definition) is 1. The van der Waals surface area contributed by atoms with Crippen molar-refractivity contribution >= 4 is 40.8 Å². The van der Waals surface area contributed by atoms with Crippen LogP contribution in [0.25, 0.3) is 0 Å². The predicted octanol–water partition coefficient (Wildman–Crippen LogP) is 3.77. The van der Waals surface area contributed by atoms with Crippen molar-refractivity contribution in [2.75, 3.05) is 12.4 Å². The monoisotopic (exact) mass is 445 g/mol. The van der Waals surface area contributed by atoms with Gasteiger partial charge in [0.05, 0.1) is 19.4 Å². The minimum Gasteiger partial charge on any atom is -0.497 e. The van der Waals surface area contributed by atoms with Crippen LogP contribution in [0.5, 0.6) is 5.75 Å². The number of nitrogens with one attached hydrogen (secondary N) is 1. The number of aromatic nitrogens is 3. The molecule has 8 nitrogen and oxygen atoms in total. The van der Waals surface area contributed by atoms with Gasteiger partial charge in [0.15, 0.2) is 0 Å². The van der Waals surface area contributed by atoms with Gasteiger partial charge in [0.2, 0.25) is 12.1 Å². The van der Waals surface area contributed by atoms with Gasteiger partial charge in [-0.05, 0) is 42.0 Å². The summed E-state index contributed by atoms with van der Waals surface area (Å²) in [6.07, 6.45) is 1.07. The summed E-state index contributed by atoms with van der Waals surface area (Å²) < 4.78 is 6.68. The molecule has 0 saturated carbocycles. The van der Waals surface area contributed by atoms with E-state index < -0.39 is 6.10 Å². The van der Waals surface area contributed by atoms with Gasteiger partial charge in [0, 0.05) is 22.0 Å². The minimum atomic E-state index is -0.757. The Hall–Kier alpha value is -3.10. The summed E-state index contributed by atoms with van der Waals surface area (Å²) in [7, 11) is 1.60. The molecular weight excluding hydrogens is 429 g/mol. The lowest BCUT2D eigenvalue weighted by Gasteiger charge is -2.07. The molecular formula is C20H17Cl2N5O3. The molecule has 0 aliphatic carbocycles. The van der Waals surface area contributed by atoms with Gasteiger partial charge in [0.25, 0.3) is 5.91 Å². The van der Waals surface area contributed by atoms with Gasteiger partial charge in [0.1, 0.15) is 12.1 Å². The first-order valence-electron chi connectivity index (χ1n) is 9.04. The lowest BCUT2D eigenvalue weighted by molar-refractivity contribution is -0.125. The van der Waals surface area contributed by atoms with Crippen LogP contribution in [0.3, 0.4) is 0 Å². The second-order valence-electron chi connectivity index (χ2n) is 6.52. The highest BCUT2D eigenvalue weighted by Crippen LogP contribution is 2.25. The largest absolute Gasteiger partial charge is 0.497 e. The van der Waals surface area contributed by atoms with E-state index in [9.17, 15) is 4.79 Å². The van der Waals surface area contributed by atoms with Crippen LogP contribution in [0.15, 0.2) is 53.9 Å². The van der Waals surface area contributed by atoms with E-state index in [0.717, 1.165) is 16.9 Å². The van der Waals surface area contributed by atoms with Crippen molar-refractivity contribution < 1.29 is 14.4 Å². The molecule has 0 radical (unpaired) electrons. The molecule has 1 unspecified atom stereocenters. The first-order chi connectivity index (χ1) is 14.5. The maximum atomic E-state index is 12.5. The molecule has 0 fully saturated rings. The van der Waals surface area contributed by atoms with E-state index >= 15 is 0 Å². The van der Waals surface area contributed by atoms with E-state index in [1.807, 2.05) is 24.3 Å². The van der Waals surface area contributed by atoms with Gasteiger partial charge < -0.3 is 9.57 Å². The summed E-state index contributed by atoms with van der Waals surface area (Å²) in [6.45, 7) is 0.325. The number of carbonyl (C=O) groups is 1. The lowest BCUT2D eigenvalue weighted by Crippen LogP contribution is -2.28. The van der Waals surface area contributed by atoms with Gasteiger partial charge in [-0.1, -0.05) is 34.4 Å². The van der Waals surface area contributed by atoms with Crippen LogP contribution in [-0.4, -0.2) is 39.6 Å². The number of carbonyl (C=O) groups excluding carboxylic acids is 1. The van der Waals surface area contributed by atoms with Crippen LogP contribution in [0, 0.1) is 0 Å². The van der Waals surface area contributed by atoms with Crippen LogP contribution < -0.4 is 10.1 Å². The summed E-state index contributed by atoms with van der Waals surface area (Å²) in [5, 5.41) is 12.0. The number of amides is 1. The molecule has 1 atom stereocenters. The van der Waals surface area contributed by atoms with Crippen molar-refractivity contribution in [3.05, 3.63) is 70.0 Å². The molecule has 10 heteroatoms. The molecule has 2 aromatic carbocycles. The molecule has 1 N–H and O–H groups in total. The minimum absolute atomic E-state index is 0.157. The van der Waals surface area contributed by atoms with Gasteiger partial charge in [-0.15, -0.1) is 5.10 Å². The highest BCUT2D eigenvalue weighted by Gasteiger charge is 2.29. The number of anilines is 1. The van der Waals surface area contributed by atoms with Crippen molar-refractivity contribution in [2.45, 2.75) is 19.1 Å². The highest BCUT2D eigenvalue weighted by molar-refractivity contribution is 6.35. The molecule has 30 heavy (non-hydrogen) atoms. The van der Waals surface area contributed by atoms with Gasteiger partial charge in [-0.2, -0.15) is 0 Å². The molecule has 1 aliphatic heterocycles. The van der Waals surface area contributed by atoms with E-state index in [1.165, 1.54) is 11.0 Å². The molecule has 4 rings (SSSR count). The summed E-state index contributed by atoms with van der Waals surface area (Å²) in [5.41, 5.74) is 2.27. The zero-order chi connectivity index (χ0) is 21.1. The number of halogens is 2. The Balaban J connectivity index is 1.36. The van der Waals surface area contributed by atoms with E-state index in [0.29, 0.717) is 28.7 Å². The van der Waals surface area contributed by atoms with E-state index in [1.54, 1.807) is 25.3 Å². The zero-order valence-corrected chi connectivity index (χ0v) is 17.4. The van der Waals surface area contributed by atoms with Crippen molar-refractivity contribution in [2.24, 2.45) is 5.16 Å². The van der Waals surface area contributed by atoms with Crippen molar-refractivity contribution in [1.82, 2.24) is 14.8 Å². The highest BCUT2D eigenvalue weighted by atomic mass is 35.5. The van der Waals surface area contributed by atoms with Gasteiger partial charge in [-0.3, -0.25) is 10.1 Å². The predicted molar refractivity (Wildman–Crippen MR) is 113 cm³/mol. The Labute approximate surface area is 182 Å². The first-order valence-corrected chi connectivity index (χ1v) is 9.79. The summed E-state index contributed by atoms with van der Waals surface area (Å²) >= 11 is 12.4. The topological polar surface area (TPSA) is 90.6 Å². The zero-order valence-electron chi connectivity index (χ0n) is 15.9. The van der Waals surface area contributed by atoms with Crippen LogP contribution >= 0.6 is 23.2 Å². The Kier molecular flexibility index (Phi) is 5.87. The Morgan fingerprint density at radius 2 is 1.97 bits per heavy atom. The maximum Gasteiger partial charge on any atom is 0.271 e.